The van der Waals surface area contributed by atoms with Crippen LogP contribution < -0.4 is 0 Å². The lowest BCUT2D eigenvalue weighted by atomic mass is 10.5. The van der Waals surface area contributed by atoms with E-state index < -0.39 is 0 Å². The highest BCUT2D eigenvalue weighted by molar-refractivity contribution is 5.76. The van der Waals surface area contributed by atoms with E-state index in [-0.39, 0.29) is 12.4 Å². The summed E-state index contributed by atoms with van der Waals surface area (Å²) < 4.78 is 2.88. The van der Waals surface area contributed by atoms with Crippen LogP contribution in [-0.2, 0) is 9.68 Å². The van der Waals surface area contributed by atoms with Crippen LogP contribution in [0.1, 0.15) is 6.92 Å². The normalized spacial score (nSPS) is 7.57. The summed E-state index contributed by atoms with van der Waals surface area (Å²) in [5.74, 6) is -0.240. The molecule has 0 saturated heterocycles. The Bertz CT molecular complexity index is 77.0. The lowest BCUT2D eigenvalue weighted by molar-refractivity contribution is -0.119. The van der Waals surface area contributed by atoms with Crippen LogP contribution >= 0.6 is 0 Å². The Morgan fingerprint density at radius 3 is 2.57 bits per heavy atom. The summed E-state index contributed by atoms with van der Waals surface area (Å²) in [6, 6.07) is 0. The van der Waals surface area contributed by atoms with Gasteiger partial charge in [0.1, 0.15) is 0 Å². The standard InChI is InChI=1S/C3H5O4/c1-3(4)2-6-7-5/h2H2,1H3/q+1. The number of carbonyl (C=O) groups is 1. The van der Waals surface area contributed by atoms with Gasteiger partial charge in [-0.3, -0.25) is 4.79 Å². The molecule has 0 aromatic rings. The van der Waals surface area contributed by atoms with Gasteiger partial charge in [0.25, 0.3) is 11.6 Å². The molecule has 0 aliphatic carbocycles. The van der Waals surface area contributed by atoms with Crippen molar-refractivity contribution in [2.24, 2.45) is 0 Å². The van der Waals surface area contributed by atoms with Crippen LogP contribution in [0.15, 0.2) is 0 Å². The highest BCUT2D eigenvalue weighted by atomic mass is 17.3. The maximum absolute atomic E-state index is 9.86. The second-order valence-electron chi connectivity index (χ2n) is 1.03. The van der Waals surface area contributed by atoms with Crippen molar-refractivity contribution in [2.75, 3.05) is 6.61 Å². The molecule has 0 aliphatic rings. The summed E-state index contributed by atoms with van der Waals surface area (Å²) in [5.41, 5.74) is 0. The minimum Gasteiger partial charge on any atom is -0.296 e. The molecule has 0 aliphatic heterocycles. The summed E-state index contributed by atoms with van der Waals surface area (Å²) in [4.78, 5) is 22.5. The van der Waals surface area contributed by atoms with Crippen LogP contribution in [0.25, 0.3) is 0 Å². The van der Waals surface area contributed by atoms with E-state index in [1.807, 2.05) is 0 Å². The number of hydrogen-bond acceptors (Lipinski definition) is 3. The van der Waals surface area contributed by atoms with Gasteiger partial charge in [-0.1, -0.05) is 4.89 Å². The van der Waals surface area contributed by atoms with Crippen molar-refractivity contribution in [2.45, 2.75) is 6.92 Å². The fourth-order valence-corrected chi connectivity index (χ4v) is 0.107. The molecule has 4 heteroatoms. The van der Waals surface area contributed by atoms with Crippen LogP contribution in [0.5, 0.6) is 0 Å². The summed E-state index contributed by atoms with van der Waals surface area (Å²) in [6.07, 6.45) is 0. The first-order chi connectivity index (χ1) is 3.27. The fourth-order valence-electron chi connectivity index (χ4n) is 0.107. The largest absolute Gasteiger partial charge is 0.377 e. The Labute approximate surface area is 39.9 Å². The van der Waals surface area contributed by atoms with E-state index in [4.69, 9.17) is 4.96 Å². The van der Waals surface area contributed by atoms with Crippen LogP contribution in [0.2, 0.25) is 0 Å². The molecule has 0 aromatic carbocycles. The molecule has 0 heterocycles. The molecule has 4 nitrogen and oxygen atoms in total. The molecule has 0 saturated carbocycles. The van der Waals surface area contributed by atoms with Gasteiger partial charge in [0, 0.05) is 0 Å². The third kappa shape index (κ3) is 5.07. The summed E-state index contributed by atoms with van der Waals surface area (Å²) >= 11 is 0. The second-order valence-corrected chi connectivity index (χ2v) is 1.03. The Balaban J connectivity index is 2.97. The van der Waals surface area contributed by atoms with Gasteiger partial charge < -0.3 is 0 Å². The van der Waals surface area contributed by atoms with E-state index in [0.717, 1.165) is 0 Å². The predicted molar refractivity (Wildman–Crippen MR) is 23.4 cm³/mol. The highest BCUT2D eigenvalue weighted by Gasteiger charge is 1.98. The fraction of sp³-hybridized carbons (Fsp3) is 0.667. The number of carbonyl (C=O) groups excluding carboxylic acids is 1. The third-order valence-corrected chi connectivity index (χ3v) is 0.310. The number of hydrogen-bond donors (Lipinski definition) is 0. The lowest BCUT2D eigenvalue weighted by Gasteiger charge is -1.71. The van der Waals surface area contributed by atoms with Gasteiger partial charge >= 0.3 is 4.75 Å². The van der Waals surface area contributed by atoms with Crippen LogP contribution in [0.3, 0.4) is 0 Å². The van der Waals surface area contributed by atoms with Gasteiger partial charge in [-0.15, -0.1) is 0 Å². The molecule has 0 fully saturated rings. The average Bonchev–Trinajstić information content (AvgIpc) is 1.61. The van der Waals surface area contributed by atoms with Gasteiger partial charge in [-0.25, -0.2) is 0 Å². The SMILES string of the molecule is CC(=O)CO[O+]=O. The Morgan fingerprint density at radius 2 is 2.43 bits per heavy atom. The van der Waals surface area contributed by atoms with E-state index in [9.17, 15) is 4.79 Å². The smallest absolute Gasteiger partial charge is 0.296 e. The molecule has 0 N–H and O–H groups in total. The molecule has 0 amide bonds. The lowest BCUT2D eigenvalue weighted by Crippen LogP contribution is -1.98. The van der Waals surface area contributed by atoms with E-state index >= 15 is 0 Å². The minimum absolute atomic E-state index is 0.240. The van der Waals surface area contributed by atoms with Gasteiger partial charge in [0.15, 0.2) is 5.78 Å². The number of ketones is 1. The van der Waals surface area contributed by atoms with Crippen molar-refractivity contribution in [3.05, 3.63) is 9.71 Å². The molecular formula is C3H5O4+. The average molecular weight is 105 g/mol. The van der Waals surface area contributed by atoms with Crippen molar-refractivity contribution < 1.29 is 9.68 Å². The quantitative estimate of drug-likeness (QED) is 0.291. The minimum atomic E-state index is -0.274. The van der Waals surface area contributed by atoms with Crippen molar-refractivity contribution in [3.63, 3.8) is 0 Å². The van der Waals surface area contributed by atoms with E-state index in [2.05, 4.69) is 9.63 Å². The van der Waals surface area contributed by atoms with E-state index in [1.54, 1.807) is 0 Å². The Kier molecular flexibility index (Phi) is 2.83. The predicted octanol–water partition coefficient (Wildman–Crippen LogP) is 0.123. The number of rotatable bonds is 3. The summed E-state index contributed by atoms with van der Waals surface area (Å²) in [7, 11) is 0. The second kappa shape index (κ2) is 3.27. The van der Waals surface area contributed by atoms with Crippen molar-refractivity contribution in [1.82, 2.24) is 0 Å². The Hall–Kier alpha value is -0.930. The zero-order valence-electron chi connectivity index (χ0n) is 3.84. The van der Waals surface area contributed by atoms with Crippen LogP contribution in [0.4, 0.5) is 0 Å². The summed E-state index contributed by atoms with van der Waals surface area (Å²) in [5, 5.41) is 0. The van der Waals surface area contributed by atoms with Crippen molar-refractivity contribution in [1.29, 1.82) is 0 Å². The van der Waals surface area contributed by atoms with Crippen LogP contribution in [-0.4, -0.2) is 12.4 Å². The molecule has 0 aromatic heterocycles. The molecule has 0 unspecified atom stereocenters. The maximum atomic E-state index is 9.86. The van der Waals surface area contributed by atoms with Gasteiger partial charge in [-0.05, 0) is 6.92 Å². The Morgan fingerprint density at radius 1 is 1.86 bits per heavy atom. The molecule has 0 bridgehead atoms. The molecule has 40 valence electrons. The first-order valence-electron chi connectivity index (χ1n) is 1.68. The first-order valence-corrected chi connectivity index (χ1v) is 1.68. The monoisotopic (exact) mass is 105 g/mol. The topological polar surface area (TPSA) is 54.7 Å². The zero-order chi connectivity index (χ0) is 5.70. The van der Waals surface area contributed by atoms with E-state index in [1.165, 1.54) is 6.92 Å². The highest BCUT2D eigenvalue weighted by Crippen LogP contribution is 1.70. The van der Waals surface area contributed by atoms with Gasteiger partial charge in [-0.2, -0.15) is 0 Å². The number of Topliss-reactive ketones (excluding diaryl/α,β-unsaturated/α-hetero) is 1. The maximum Gasteiger partial charge on any atom is 0.377 e. The summed E-state index contributed by atoms with van der Waals surface area (Å²) in [6.45, 7) is 1.02. The first kappa shape index (κ1) is 6.07. The molecule has 0 rings (SSSR count). The molecule has 0 radical (unpaired) electrons. The van der Waals surface area contributed by atoms with Crippen molar-refractivity contribution >= 4 is 5.78 Å². The van der Waals surface area contributed by atoms with Crippen molar-refractivity contribution in [3.8, 4) is 0 Å². The van der Waals surface area contributed by atoms with Gasteiger partial charge in [0.2, 0.25) is 0 Å². The third-order valence-electron chi connectivity index (χ3n) is 0.310. The molecule has 0 spiro atoms. The zero-order valence-corrected chi connectivity index (χ0v) is 3.84. The van der Waals surface area contributed by atoms with Crippen LogP contribution in [0, 0.1) is 9.71 Å². The molecule has 7 heavy (non-hydrogen) atoms. The molecular weight excluding hydrogens is 100 g/mol. The van der Waals surface area contributed by atoms with E-state index in [0.29, 0.717) is 0 Å². The molecule has 0 atom stereocenters. The van der Waals surface area contributed by atoms with Gasteiger partial charge in [0.05, 0.1) is 0 Å².